The third-order valence-corrected chi connectivity index (χ3v) is 2.93. The molecule has 17 heavy (non-hydrogen) atoms. The van der Waals surface area contributed by atoms with E-state index in [1.54, 1.807) is 0 Å². The van der Waals surface area contributed by atoms with E-state index in [1.807, 2.05) is 19.2 Å². The van der Waals surface area contributed by atoms with E-state index in [0.717, 1.165) is 41.1 Å². The van der Waals surface area contributed by atoms with Crippen LogP contribution in [0.4, 0.5) is 5.82 Å². The standard InChI is InChI=1S/C11H14BrN5/c1-8-5-9(12)11(14-6-8)13-4-2-3-10-15-7-16-17-10/h5-7H,2-4H2,1H3,(H,13,14)(H,15,16,17). The number of anilines is 1. The van der Waals surface area contributed by atoms with Crippen molar-refractivity contribution >= 4 is 21.7 Å². The van der Waals surface area contributed by atoms with Crippen LogP contribution in [0.3, 0.4) is 0 Å². The molecule has 90 valence electrons. The Bertz CT molecular complexity index is 469. The Morgan fingerprint density at radius 3 is 3.00 bits per heavy atom. The highest BCUT2D eigenvalue weighted by Crippen LogP contribution is 2.20. The van der Waals surface area contributed by atoms with Crippen molar-refractivity contribution in [3.05, 3.63) is 34.5 Å². The Morgan fingerprint density at radius 1 is 1.41 bits per heavy atom. The normalized spacial score (nSPS) is 10.5. The van der Waals surface area contributed by atoms with Crippen molar-refractivity contribution in [2.75, 3.05) is 11.9 Å². The largest absolute Gasteiger partial charge is 0.369 e. The molecule has 0 aromatic carbocycles. The van der Waals surface area contributed by atoms with Crippen molar-refractivity contribution in [1.29, 1.82) is 0 Å². The van der Waals surface area contributed by atoms with E-state index in [-0.39, 0.29) is 0 Å². The zero-order valence-electron chi connectivity index (χ0n) is 9.57. The molecule has 0 saturated heterocycles. The van der Waals surface area contributed by atoms with Crippen LogP contribution in [0.15, 0.2) is 23.1 Å². The van der Waals surface area contributed by atoms with Gasteiger partial charge in [-0.1, -0.05) is 0 Å². The van der Waals surface area contributed by atoms with Gasteiger partial charge < -0.3 is 5.32 Å². The monoisotopic (exact) mass is 295 g/mol. The molecule has 0 spiro atoms. The molecule has 0 radical (unpaired) electrons. The van der Waals surface area contributed by atoms with Crippen molar-refractivity contribution in [3.63, 3.8) is 0 Å². The van der Waals surface area contributed by atoms with Gasteiger partial charge >= 0.3 is 0 Å². The minimum Gasteiger partial charge on any atom is -0.369 e. The highest BCUT2D eigenvalue weighted by molar-refractivity contribution is 9.10. The van der Waals surface area contributed by atoms with Crippen LogP contribution in [0.1, 0.15) is 17.8 Å². The molecule has 0 aliphatic heterocycles. The number of aryl methyl sites for hydroxylation is 2. The van der Waals surface area contributed by atoms with Gasteiger partial charge in [0.1, 0.15) is 18.0 Å². The number of hydrogen-bond acceptors (Lipinski definition) is 4. The zero-order chi connectivity index (χ0) is 12.1. The maximum absolute atomic E-state index is 4.32. The average molecular weight is 296 g/mol. The highest BCUT2D eigenvalue weighted by Gasteiger charge is 2.01. The summed E-state index contributed by atoms with van der Waals surface area (Å²) in [6.45, 7) is 2.88. The predicted molar refractivity (Wildman–Crippen MR) is 69.9 cm³/mol. The molecule has 0 aliphatic carbocycles. The molecule has 0 saturated carbocycles. The van der Waals surface area contributed by atoms with Gasteiger partial charge in [0, 0.05) is 19.2 Å². The predicted octanol–water partition coefficient (Wildman–Crippen LogP) is 2.32. The summed E-state index contributed by atoms with van der Waals surface area (Å²) in [7, 11) is 0. The van der Waals surface area contributed by atoms with E-state index in [0.29, 0.717) is 0 Å². The number of H-pyrrole nitrogens is 1. The summed E-state index contributed by atoms with van der Waals surface area (Å²) in [5.41, 5.74) is 1.14. The van der Waals surface area contributed by atoms with Crippen LogP contribution in [-0.4, -0.2) is 26.7 Å². The molecule has 0 unspecified atom stereocenters. The van der Waals surface area contributed by atoms with E-state index < -0.39 is 0 Å². The van der Waals surface area contributed by atoms with Crippen molar-refractivity contribution in [1.82, 2.24) is 20.2 Å². The highest BCUT2D eigenvalue weighted by atomic mass is 79.9. The van der Waals surface area contributed by atoms with Crippen LogP contribution in [-0.2, 0) is 6.42 Å². The number of aromatic nitrogens is 4. The molecule has 0 bridgehead atoms. The molecule has 2 heterocycles. The first-order valence-electron chi connectivity index (χ1n) is 5.46. The van der Waals surface area contributed by atoms with Crippen LogP contribution in [0, 0.1) is 6.92 Å². The lowest BCUT2D eigenvalue weighted by molar-refractivity contribution is 0.803. The van der Waals surface area contributed by atoms with Crippen molar-refractivity contribution in [2.24, 2.45) is 0 Å². The molecule has 0 aliphatic rings. The fourth-order valence-corrected chi connectivity index (χ4v) is 2.08. The Morgan fingerprint density at radius 2 is 2.29 bits per heavy atom. The van der Waals surface area contributed by atoms with E-state index in [4.69, 9.17) is 0 Å². The third kappa shape index (κ3) is 3.52. The first-order chi connectivity index (χ1) is 8.25. The lowest BCUT2D eigenvalue weighted by Gasteiger charge is -2.07. The molecule has 0 atom stereocenters. The van der Waals surface area contributed by atoms with Crippen LogP contribution in [0.25, 0.3) is 0 Å². The summed E-state index contributed by atoms with van der Waals surface area (Å²) in [4.78, 5) is 8.39. The summed E-state index contributed by atoms with van der Waals surface area (Å²) < 4.78 is 0.997. The van der Waals surface area contributed by atoms with Gasteiger partial charge in [-0.05, 0) is 40.9 Å². The molecule has 2 aromatic heterocycles. The maximum Gasteiger partial charge on any atom is 0.140 e. The first-order valence-corrected chi connectivity index (χ1v) is 6.25. The fraction of sp³-hybridized carbons (Fsp3) is 0.364. The number of nitrogens with one attached hydrogen (secondary N) is 2. The smallest absolute Gasteiger partial charge is 0.140 e. The summed E-state index contributed by atoms with van der Waals surface area (Å²) in [6, 6.07) is 2.05. The number of hydrogen-bond donors (Lipinski definition) is 2. The molecule has 0 amide bonds. The van der Waals surface area contributed by atoms with Gasteiger partial charge in [0.25, 0.3) is 0 Å². The second-order valence-electron chi connectivity index (χ2n) is 3.81. The van der Waals surface area contributed by atoms with Gasteiger partial charge in [-0.3, -0.25) is 5.10 Å². The Hall–Kier alpha value is -1.43. The molecule has 6 heteroatoms. The molecular formula is C11H14BrN5. The van der Waals surface area contributed by atoms with Crippen molar-refractivity contribution in [2.45, 2.75) is 19.8 Å². The molecular weight excluding hydrogens is 282 g/mol. The Balaban J connectivity index is 1.78. The Kier molecular flexibility index (Phi) is 4.08. The SMILES string of the molecule is Cc1cnc(NCCCc2ncn[nH]2)c(Br)c1. The quantitative estimate of drug-likeness (QED) is 0.831. The molecule has 2 N–H and O–H groups in total. The second-order valence-corrected chi connectivity index (χ2v) is 4.66. The molecule has 2 rings (SSSR count). The van der Waals surface area contributed by atoms with Crippen LogP contribution >= 0.6 is 15.9 Å². The summed E-state index contributed by atoms with van der Waals surface area (Å²) in [5, 5.41) is 9.93. The minimum atomic E-state index is 0.857. The van der Waals surface area contributed by atoms with Gasteiger partial charge in [0.2, 0.25) is 0 Å². The lowest BCUT2D eigenvalue weighted by atomic mass is 10.3. The topological polar surface area (TPSA) is 66.5 Å². The van der Waals surface area contributed by atoms with Gasteiger partial charge in [-0.2, -0.15) is 5.10 Å². The summed E-state index contributed by atoms with van der Waals surface area (Å²) in [5.74, 6) is 1.80. The lowest BCUT2D eigenvalue weighted by Crippen LogP contribution is -2.05. The maximum atomic E-state index is 4.32. The fourth-order valence-electron chi connectivity index (χ4n) is 1.48. The first kappa shape index (κ1) is 12.0. The molecule has 2 aromatic rings. The van der Waals surface area contributed by atoms with Crippen LogP contribution in [0.5, 0.6) is 0 Å². The van der Waals surface area contributed by atoms with E-state index in [9.17, 15) is 0 Å². The van der Waals surface area contributed by atoms with Crippen molar-refractivity contribution < 1.29 is 0 Å². The van der Waals surface area contributed by atoms with Gasteiger partial charge in [0.05, 0.1) is 4.47 Å². The van der Waals surface area contributed by atoms with Crippen molar-refractivity contribution in [3.8, 4) is 0 Å². The average Bonchev–Trinajstić information content (AvgIpc) is 2.79. The van der Waals surface area contributed by atoms with Gasteiger partial charge in [0.15, 0.2) is 0 Å². The van der Waals surface area contributed by atoms with Gasteiger partial charge in [-0.25, -0.2) is 9.97 Å². The van der Waals surface area contributed by atoms with Crippen LogP contribution < -0.4 is 5.32 Å². The number of aromatic amines is 1. The van der Waals surface area contributed by atoms with E-state index in [1.165, 1.54) is 6.33 Å². The van der Waals surface area contributed by atoms with E-state index in [2.05, 4.69) is 41.4 Å². The molecule has 0 fully saturated rings. The number of rotatable bonds is 5. The Labute approximate surface area is 108 Å². The second kappa shape index (κ2) is 5.77. The third-order valence-electron chi connectivity index (χ3n) is 2.33. The van der Waals surface area contributed by atoms with Crippen LogP contribution in [0.2, 0.25) is 0 Å². The number of nitrogens with zero attached hydrogens (tertiary/aromatic N) is 3. The minimum absolute atomic E-state index is 0.857. The zero-order valence-corrected chi connectivity index (χ0v) is 11.2. The summed E-state index contributed by atoms with van der Waals surface area (Å²) >= 11 is 3.48. The molecule has 5 nitrogen and oxygen atoms in total. The van der Waals surface area contributed by atoms with E-state index >= 15 is 0 Å². The summed E-state index contributed by atoms with van der Waals surface area (Å²) in [6.07, 6.45) is 5.25. The van der Waals surface area contributed by atoms with Gasteiger partial charge in [-0.15, -0.1) is 0 Å². The number of pyridine rings is 1. The number of halogens is 1.